The number of carbonyl (C=O) groups excluding carboxylic acids is 4. The summed E-state index contributed by atoms with van der Waals surface area (Å²) in [7, 11) is 1.50. The molecule has 9 N–H and O–H groups in total. The van der Waals surface area contributed by atoms with E-state index in [2.05, 4.69) is 21.3 Å². The van der Waals surface area contributed by atoms with Gasteiger partial charge in [-0.15, -0.1) is 0 Å². The SMILES string of the molecule is COc1ccc(C[C@H](NC(=O)[C@@H](NC(=O)[C@@H](N)CCC(=O)O)C(C)C)C(=O)N[C@@H](Cc2ccccc2)[C@@H](O)C(=O)Nc2cccc(C(=O)O)c2)cc1. The number of carboxylic acid groups (broad SMARTS) is 2. The summed E-state index contributed by atoms with van der Waals surface area (Å²) in [4.78, 5) is 76.2. The van der Waals surface area contributed by atoms with Crippen molar-refractivity contribution in [2.24, 2.45) is 11.7 Å². The standard InChI is InChI=1S/C37H45N5O10/c1-21(2)31(42-33(46)27(38)16-17-30(43)44)35(48)41-29(19-23-12-14-26(52-3)15-13-23)34(47)40-28(18-22-8-5-4-6-9-22)32(45)36(49)39-25-11-7-10-24(20-25)37(50)51/h4-15,20-21,27-29,31-32,45H,16-19,38H2,1-3H3,(H,39,49)(H,40,47)(H,41,48)(H,42,46)(H,43,44)(H,50,51)/t27-,28-,29-,31-,32+/m0/s1. The normalized spacial score (nSPS) is 13.8. The van der Waals surface area contributed by atoms with Crippen LogP contribution in [0.15, 0.2) is 78.9 Å². The number of aliphatic carboxylic acids is 1. The third-order valence-electron chi connectivity index (χ3n) is 8.14. The fourth-order valence-corrected chi connectivity index (χ4v) is 5.20. The minimum atomic E-state index is -1.83. The Morgan fingerprint density at radius 3 is 2.00 bits per heavy atom. The van der Waals surface area contributed by atoms with E-state index in [1.54, 1.807) is 68.4 Å². The summed E-state index contributed by atoms with van der Waals surface area (Å²) in [6.45, 7) is 3.34. The van der Waals surface area contributed by atoms with Crippen molar-refractivity contribution in [2.75, 3.05) is 12.4 Å². The number of nitrogens with one attached hydrogen (secondary N) is 4. The van der Waals surface area contributed by atoms with E-state index in [9.17, 15) is 39.0 Å². The average molecular weight is 720 g/mol. The molecule has 0 fully saturated rings. The first-order valence-electron chi connectivity index (χ1n) is 16.6. The molecule has 15 nitrogen and oxygen atoms in total. The number of carboxylic acids is 2. The molecule has 0 spiro atoms. The average Bonchev–Trinajstić information content (AvgIpc) is 3.12. The molecule has 15 heteroatoms. The van der Waals surface area contributed by atoms with Crippen LogP contribution in [0.25, 0.3) is 0 Å². The van der Waals surface area contributed by atoms with E-state index < -0.39 is 71.8 Å². The zero-order valence-corrected chi connectivity index (χ0v) is 29.1. The van der Waals surface area contributed by atoms with Gasteiger partial charge in [0.05, 0.1) is 24.8 Å². The highest BCUT2D eigenvalue weighted by atomic mass is 16.5. The number of methoxy groups -OCH3 is 1. The lowest BCUT2D eigenvalue weighted by Gasteiger charge is -2.29. The first-order chi connectivity index (χ1) is 24.7. The first kappa shape index (κ1) is 40.6. The van der Waals surface area contributed by atoms with Crippen LogP contribution in [0.5, 0.6) is 5.75 Å². The topological polar surface area (TPSA) is 246 Å². The van der Waals surface area contributed by atoms with Gasteiger partial charge in [-0.2, -0.15) is 0 Å². The van der Waals surface area contributed by atoms with Gasteiger partial charge < -0.3 is 47.1 Å². The second-order valence-electron chi connectivity index (χ2n) is 12.5. The molecule has 52 heavy (non-hydrogen) atoms. The van der Waals surface area contributed by atoms with Gasteiger partial charge >= 0.3 is 11.9 Å². The number of benzene rings is 3. The number of rotatable bonds is 19. The molecule has 3 aromatic rings. The quantitative estimate of drug-likeness (QED) is 0.0882. The Morgan fingerprint density at radius 2 is 1.40 bits per heavy atom. The number of aromatic carboxylic acids is 1. The van der Waals surface area contributed by atoms with Crippen LogP contribution in [0.1, 0.15) is 48.2 Å². The molecule has 0 saturated heterocycles. The van der Waals surface area contributed by atoms with Gasteiger partial charge in [0.15, 0.2) is 6.10 Å². The van der Waals surface area contributed by atoms with E-state index in [0.717, 1.165) is 0 Å². The van der Waals surface area contributed by atoms with Gasteiger partial charge in [-0.05, 0) is 60.2 Å². The molecule has 0 aliphatic carbocycles. The van der Waals surface area contributed by atoms with Crippen LogP contribution in [-0.4, -0.2) is 88.3 Å². The van der Waals surface area contributed by atoms with Crippen molar-refractivity contribution in [3.63, 3.8) is 0 Å². The maximum atomic E-state index is 14.1. The van der Waals surface area contributed by atoms with Crippen molar-refractivity contribution in [1.82, 2.24) is 16.0 Å². The predicted octanol–water partition coefficient (Wildman–Crippen LogP) is 1.48. The maximum absolute atomic E-state index is 14.1. The summed E-state index contributed by atoms with van der Waals surface area (Å²) in [5.41, 5.74) is 7.19. The molecule has 0 saturated carbocycles. The number of anilines is 1. The van der Waals surface area contributed by atoms with E-state index in [4.69, 9.17) is 15.6 Å². The number of aliphatic hydroxyl groups is 1. The first-order valence-corrected chi connectivity index (χ1v) is 16.6. The van der Waals surface area contributed by atoms with Gasteiger partial charge in [0.1, 0.15) is 17.8 Å². The van der Waals surface area contributed by atoms with E-state index in [1.807, 2.05) is 0 Å². The van der Waals surface area contributed by atoms with Gasteiger partial charge in [-0.1, -0.05) is 62.4 Å². The van der Waals surface area contributed by atoms with Crippen molar-refractivity contribution in [3.05, 3.63) is 95.6 Å². The molecule has 3 rings (SSSR count). The fraction of sp³-hybridized carbons (Fsp3) is 0.351. The predicted molar refractivity (Wildman–Crippen MR) is 190 cm³/mol. The number of aliphatic hydroxyl groups excluding tert-OH is 1. The largest absolute Gasteiger partial charge is 0.497 e. The third-order valence-corrected chi connectivity index (χ3v) is 8.14. The van der Waals surface area contributed by atoms with Crippen molar-refractivity contribution < 1.29 is 48.8 Å². The van der Waals surface area contributed by atoms with Crippen molar-refractivity contribution in [2.45, 2.75) is 69.8 Å². The van der Waals surface area contributed by atoms with Crippen LogP contribution in [0.4, 0.5) is 5.69 Å². The highest BCUT2D eigenvalue weighted by molar-refractivity contribution is 5.97. The molecule has 0 aliphatic rings. The second-order valence-corrected chi connectivity index (χ2v) is 12.5. The summed E-state index contributed by atoms with van der Waals surface area (Å²) in [6, 6.07) is 16.1. The van der Waals surface area contributed by atoms with E-state index in [0.29, 0.717) is 16.9 Å². The molecule has 0 aromatic heterocycles. The van der Waals surface area contributed by atoms with Crippen molar-refractivity contribution in [1.29, 1.82) is 0 Å². The highest BCUT2D eigenvalue weighted by Crippen LogP contribution is 2.16. The summed E-state index contributed by atoms with van der Waals surface area (Å²) >= 11 is 0. The number of ether oxygens (including phenoxy) is 1. The van der Waals surface area contributed by atoms with Gasteiger partial charge in [0.25, 0.3) is 5.91 Å². The fourth-order valence-electron chi connectivity index (χ4n) is 5.20. The second kappa shape index (κ2) is 19.6. The Bertz CT molecular complexity index is 1700. The molecule has 5 atom stereocenters. The minimum absolute atomic E-state index is 0.00155. The molecule has 0 radical (unpaired) electrons. The molecular weight excluding hydrogens is 674 g/mol. The Hall–Kier alpha value is -5.80. The zero-order valence-electron chi connectivity index (χ0n) is 29.1. The molecule has 0 bridgehead atoms. The van der Waals surface area contributed by atoms with Crippen LogP contribution in [0.3, 0.4) is 0 Å². The Labute approximate surface area is 300 Å². The number of hydrogen-bond donors (Lipinski definition) is 8. The smallest absolute Gasteiger partial charge is 0.335 e. The molecule has 278 valence electrons. The number of hydrogen-bond acceptors (Lipinski definition) is 9. The number of nitrogens with two attached hydrogens (primary N) is 1. The zero-order chi connectivity index (χ0) is 38.4. The monoisotopic (exact) mass is 719 g/mol. The molecular formula is C37H45N5O10. The lowest BCUT2D eigenvalue weighted by molar-refractivity contribution is -0.137. The molecule has 4 amide bonds. The van der Waals surface area contributed by atoms with Crippen LogP contribution in [0, 0.1) is 5.92 Å². The van der Waals surface area contributed by atoms with Gasteiger partial charge in [-0.3, -0.25) is 24.0 Å². The lowest BCUT2D eigenvalue weighted by atomic mass is 9.98. The molecule has 0 unspecified atom stereocenters. The number of amides is 4. The van der Waals surface area contributed by atoms with Crippen molar-refractivity contribution >= 4 is 41.3 Å². The molecule has 0 heterocycles. The lowest BCUT2D eigenvalue weighted by Crippen LogP contribution is -2.60. The van der Waals surface area contributed by atoms with E-state index >= 15 is 0 Å². The van der Waals surface area contributed by atoms with Crippen LogP contribution >= 0.6 is 0 Å². The molecule has 3 aromatic carbocycles. The Balaban J connectivity index is 1.90. The van der Waals surface area contributed by atoms with Gasteiger partial charge in [0, 0.05) is 18.5 Å². The van der Waals surface area contributed by atoms with Crippen LogP contribution in [0.2, 0.25) is 0 Å². The van der Waals surface area contributed by atoms with E-state index in [1.165, 1.54) is 31.4 Å². The summed E-state index contributed by atoms with van der Waals surface area (Å²) < 4.78 is 5.22. The van der Waals surface area contributed by atoms with Crippen molar-refractivity contribution in [3.8, 4) is 5.75 Å². The van der Waals surface area contributed by atoms with Gasteiger partial charge in [0.2, 0.25) is 17.7 Å². The summed E-state index contributed by atoms with van der Waals surface area (Å²) in [6.07, 6.45) is -2.37. The Kier molecular flexibility index (Phi) is 15.3. The van der Waals surface area contributed by atoms with Crippen LogP contribution in [-0.2, 0) is 36.8 Å². The summed E-state index contributed by atoms with van der Waals surface area (Å²) in [5, 5.41) is 40.0. The highest BCUT2D eigenvalue weighted by Gasteiger charge is 2.34. The Morgan fingerprint density at radius 1 is 0.750 bits per heavy atom. The van der Waals surface area contributed by atoms with E-state index in [-0.39, 0.29) is 36.9 Å². The number of carbonyl (C=O) groups is 6. The summed E-state index contributed by atoms with van der Waals surface area (Å²) in [5.74, 6) is -5.39. The maximum Gasteiger partial charge on any atom is 0.335 e. The van der Waals surface area contributed by atoms with Crippen LogP contribution < -0.4 is 31.7 Å². The van der Waals surface area contributed by atoms with Gasteiger partial charge in [-0.25, -0.2) is 4.79 Å². The minimum Gasteiger partial charge on any atom is -0.497 e. The third kappa shape index (κ3) is 12.5. The molecule has 0 aliphatic heterocycles.